The van der Waals surface area contributed by atoms with Crippen LogP contribution in [0.25, 0.3) is 10.4 Å². The quantitative estimate of drug-likeness (QED) is 0.838. The largest absolute Gasteiger partial charge is 0.309 e. The van der Waals surface area contributed by atoms with Crippen molar-refractivity contribution in [1.29, 1.82) is 0 Å². The summed E-state index contributed by atoms with van der Waals surface area (Å²) in [4.78, 5) is 6.91. The first-order chi connectivity index (χ1) is 9.22. The summed E-state index contributed by atoms with van der Waals surface area (Å²) >= 11 is 1.87. The second kappa shape index (κ2) is 6.83. The van der Waals surface area contributed by atoms with Crippen LogP contribution < -0.4 is 5.32 Å². The van der Waals surface area contributed by atoms with Gasteiger partial charge in [0, 0.05) is 33.8 Å². The Kier molecular flexibility index (Phi) is 5.11. The number of rotatable bonds is 6. The average molecular weight is 274 g/mol. The standard InChI is InChI=1S/C16H22N2S/c1-4-9-18-16(12(2)3)15-8-7-14(19-15)13-6-5-10-17-11-13/h5-8,10-12,16,18H,4,9H2,1-3H3. The van der Waals surface area contributed by atoms with E-state index in [-0.39, 0.29) is 0 Å². The lowest BCUT2D eigenvalue weighted by Crippen LogP contribution is -2.25. The molecular formula is C16H22N2S. The molecule has 0 fully saturated rings. The minimum Gasteiger partial charge on any atom is -0.309 e. The van der Waals surface area contributed by atoms with Gasteiger partial charge in [0.1, 0.15) is 0 Å². The van der Waals surface area contributed by atoms with Gasteiger partial charge < -0.3 is 5.32 Å². The SMILES string of the molecule is CCCNC(c1ccc(-c2cccnc2)s1)C(C)C. The van der Waals surface area contributed by atoms with Gasteiger partial charge in [-0.15, -0.1) is 11.3 Å². The maximum Gasteiger partial charge on any atom is 0.0438 e. The van der Waals surface area contributed by atoms with Crippen LogP contribution in [0.3, 0.4) is 0 Å². The van der Waals surface area contributed by atoms with Crippen molar-refractivity contribution in [2.24, 2.45) is 5.92 Å². The second-order valence-corrected chi connectivity index (χ2v) is 6.23. The van der Waals surface area contributed by atoms with Crippen molar-refractivity contribution in [3.05, 3.63) is 41.5 Å². The fourth-order valence-corrected chi connectivity index (χ4v) is 3.40. The topological polar surface area (TPSA) is 24.9 Å². The van der Waals surface area contributed by atoms with Crippen LogP contribution in [0.5, 0.6) is 0 Å². The molecule has 2 heterocycles. The predicted molar refractivity (Wildman–Crippen MR) is 83.4 cm³/mol. The van der Waals surface area contributed by atoms with Gasteiger partial charge in [-0.1, -0.05) is 26.8 Å². The summed E-state index contributed by atoms with van der Waals surface area (Å²) in [6.07, 6.45) is 4.92. The van der Waals surface area contributed by atoms with E-state index in [2.05, 4.69) is 49.3 Å². The highest BCUT2D eigenvalue weighted by molar-refractivity contribution is 7.15. The van der Waals surface area contributed by atoms with Gasteiger partial charge in [-0.2, -0.15) is 0 Å². The van der Waals surface area contributed by atoms with Crippen LogP contribution in [0.15, 0.2) is 36.7 Å². The van der Waals surface area contributed by atoms with Crippen LogP contribution in [-0.2, 0) is 0 Å². The first kappa shape index (κ1) is 14.2. The molecule has 0 amide bonds. The molecule has 0 radical (unpaired) electrons. The van der Waals surface area contributed by atoms with Gasteiger partial charge in [0.15, 0.2) is 0 Å². The first-order valence-electron chi connectivity index (χ1n) is 6.96. The lowest BCUT2D eigenvalue weighted by atomic mass is 10.0. The molecule has 0 aliphatic carbocycles. The highest BCUT2D eigenvalue weighted by atomic mass is 32.1. The Morgan fingerprint density at radius 1 is 1.26 bits per heavy atom. The summed E-state index contributed by atoms with van der Waals surface area (Å²) in [5.74, 6) is 0.604. The number of hydrogen-bond acceptors (Lipinski definition) is 3. The summed E-state index contributed by atoms with van der Waals surface area (Å²) in [6, 6.07) is 9.02. The molecule has 2 aromatic rings. The summed E-state index contributed by atoms with van der Waals surface area (Å²) in [5, 5.41) is 3.64. The van der Waals surface area contributed by atoms with Gasteiger partial charge in [-0.25, -0.2) is 0 Å². The molecule has 19 heavy (non-hydrogen) atoms. The molecule has 0 spiro atoms. The van der Waals surface area contributed by atoms with Crippen molar-refractivity contribution in [3.8, 4) is 10.4 Å². The van der Waals surface area contributed by atoms with E-state index in [1.54, 1.807) is 0 Å². The van der Waals surface area contributed by atoms with Crippen molar-refractivity contribution in [2.75, 3.05) is 6.54 Å². The van der Waals surface area contributed by atoms with Crippen LogP contribution in [-0.4, -0.2) is 11.5 Å². The van der Waals surface area contributed by atoms with Crippen molar-refractivity contribution < 1.29 is 0 Å². The molecule has 102 valence electrons. The fraction of sp³-hybridized carbons (Fsp3) is 0.438. The molecule has 0 saturated carbocycles. The van der Waals surface area contributed by atoms with Crippen LogP contribution >= 0.6 is 11.3 Å². The summed E-state index contributed by atoms with van der Waals surface area (Å²) < 4.78 is 0. The normalized spacial score (nSPS) is 12.8. The number of pyridine rings is 1. The molecular weight excluding hydrogens is 252 g/mol. The van der Waals surface area contributed by atoms with Crippen LogP contribution in [0, 0.1) is 5.92 Å². The monoisotopic (exact) mass is 274 g/mol. The Hall–Kier alpha value is -1.19. The van der Waals surface area contributed by atoms with Crippen molar-refractivity contribution in [2.45, 2.75) is 33.2 Å². The Bertz CT molecular complexity index is 490. The van der Waals surface area contributed by atoms with E-state index < -0.39 is 0 Å². The number of aromatic nitrogens is 1. The van der Waals surface area contributed by atoms with Crippen LogP contribution in [0.1, 0.15) is 38.1 Å². The fourth-order valence-electron chi connectivity index (χ4n) is 2.15. The van der Waals surface area contributed by atoms with Gasteiger partial charge in [0.25, 0.3) is 0 Å². The molecule has 0 aromatic carbocycles. The van der Waals surface area contributed by atoms with E-state index >= 15 is 0 Å². The summed E-state index contributed by atoms with van der Waals surface area (Å²) in [5.41, 5.74) is 1.21. The molecule has 0 aliphatic heterocycles. The maximum absolute atomic E-state index is 4.19. The summed E-state index contributed by atoms with van der Waals surface area (Å²) in [6.45, 7) is 7.83. The molecule has 1 unspecified atom stereocenters. The zero-order valence-electron chi connectivity index (χ0n) is 11.9. The predicted octanol–water partition coefficient (Wildman–Crippen LogP) is 4.51. The van der Waals surface area contributed by atoms with Gasteiger partial charge in [-0.05, 0) is 37.1 Å². The molecule has 3 heteroatoms. The Labute approximate surface area is 119 Å². The first-order valence-corrected chi connectivity index (χ1v) is 7.77. The highest BCUT2D eigenvalue weighted by Crippen LogP contribution is 2.33. The Morgan fingerprint density at radius 2 is 2.11 bits per heavy atom. The summed E-state index contributed by atoms with van der Waals surface area (Å²) in [7, 11) is 0. The van der Waals surface area contributed by atoms with Gasteiger partial charge in [0.05, 0.1) is 0 Å². The number of hydrogen-bond donors (Lipinski definition) is 1. The molecule has 2 rings (SSSR count). The van der Waals surface area contributed by atoms with E-state index in [0.717, 1.165) is 6.54 Å². The third-order valence-electron chi connectivity index (χ3n) is 3.16. The van der Waals surface area contributed by atoms with Crippen LogP contribution in [0.4, 0.5) is 0 Å². The zero-order chi connectivity index (χ0) is 13.7. The minimum atomic E-state index is 0.454. The van der Waals surface area contributed by atoms with Crippen LogP contribution in [0.2, 0.25) is 0 Å². The lowest BCUT2D eigenvalue weighted by Gasteiger charge is -2.20. The minimum absolute atomic E-state index is 0.454. The Morgan fingerprint density at radius 3 is 2.74 bits per heavy atom. The molecule has 0 bridgehead atoms. The number of nitrogens with zero attached hydrogens (tertiary/aromatic N) is 1. The molecule has 0 saturated heterocycles. The molecule has 2 nitrogen and oxygen atoms in total. The van der Waals surface area contributed by atoms with E-state index in [0.29, 0.717) is 12.0 Å². The molecule has 1 atom stereocenters. The number of nitrogens with one attached hydrogen (secondary N) is 1. The van der Waals surface area contributed by atoms with Crippen molar-refractivity contribution >= 4 is 11.3 Å². The van der Waals surface area contributed by atoms with E-state index in [9.17, 15) is 0 Å². The third kappa shape index (κ3) is 3.64. The number of thiophene rings is 1. The smallest absolute Gasteiger partial charge is 0.0438 e. The molecule has 1 N–H and O–H groups in total. The third-order valence-corrected chi connectivity index (χ3v) is 4.38. The Balaban J connectivity index is 2.19. The van der Waals surface area contributed by atoms with Gasteiger partial charge >= 0.3 is 0 Å². The lowest BCUT2D eigenvalue weighted by molar-refractivity contribution is 0.418. The van der Waals surface area contributed by atoms with Crippen molar-refractivity contribution in [1.82, 2.24) is 10.3 Å². The van der Waals surface area contributed by atoms with E-state index in [1.165, 1.54) is 21.7 Å². The van der Waals surface area contributed by atoms with E-state index in [4.69, 9.17) is 0 Å². The van der Waals surface area contributed by atoms with E-state index in [1.807, 2.05) is 29.8 Å². The molecule has 0 aliphatic rings. The highest BCUT2D eigenvalue weighted by Gasteiger charge is 2.17. The zero-order valence-corrected chi connectivity index (χ0v) is 12.7. The van der Waals surface area contributed by atoms with Gasteiger partial charge in [-0.3, -0.25) is 4.98 Å². The second-order valence-electron chi connectivity index (χ2n) is 5.12. The van der Waals surface area contributed by atoms with Crippen molar-refractivity contribution in [3.63, 3.8) is 0 Å². The average Bonchev–Trinajstić information content (AvgIpc) is 2.89. The van der Waals surface area contributed by atoms with Gasteiger partial charge in [0.2, 0.25) is 0 Å². The molecule has 2 aromatic heterocycles. The maximum atomic E-state index is 4.19.